The summed E-state index contributed by atoms with van der Waals surface area (Å²) >= 11 is 0. The monoisotopic (exact) mass is 226 g/mol. The molecule has 0 radical (unpaired) electrons. The molecule has 0 saturated carbocycles. The second kappa shape index (κ2) is 10.2. The fourth-order valence-electron chi connectivity index (χ4n) is 2.76. The first-order chi connectivity index (χ1) is 7.74. The van der Waals surface area contributed by atoms with Crippen LogP contribution < -0.4 is 0 Å². The summed E-state index contributed by atoms with van der Waals surface area (Å²) < 4.78 is 0. The molecule has 98 valence electrons. The third-order valence-electron chi connectivity index (χ3n) is 4.18. The van der Waals surface area contributed by atoms with Crippen molar-refractivity contribution in [3.8, 4) is 0 Å². The normalized spacial score (nSPS) is 12.0. The van der Waals surface area contributed by atoms with Crippen molar-refractivity contribution in [2.45, 2.75) is 98.3 Å². The van der Waals surface area contributed by atoms with E-state index < -0.39 is 0 Å². The van der Waals surface area contributed by atoms with Gasteiger partial charge in [0.05, 0.1) is 0 Å². The molecule has 0 unspecified atom stereocenters. The van der Waals surface area contributed by atoms with Gasteiger partial charge >= 0.3 is 0 Å². The largest absolute Gasteiger partial charge is 0.0654 e. The highest BCUT2D eigenvalue weighted by Gasteiger charge is 2.25. The first-order valence-electron chi connectivity index (χ1n) is 7.74. The fourth-order valence-corrected chi connectivity index (χ4v) is 2.76. The third-order valence-corrected chi connectivity index (χ3v) is 4.18. The van der Waals surface area contributed by atoms with Gasteiger partial charge in [0.2, 0.25) is 0 Å². The van der Waals surface area contributed by atoms with Crippen LogP contribution in [0.25, 0.3) is 0 Å². The standard InChI is InChI=1S/C16H34/c1-5-9-12-15-16(8-4,13-10-6-2)14-11-7-3/h5-15H2,1-4H3. The zero-order valence-corrected chi connectivity index (χ0v) is 12.3. The van der Waals surface area contributed by atoms with Crippen LogP contribution in [0.2, 0.25) is 0 Å². The van der Waals surface area contributed by atoms with Gasteiger partial charge in [-0.05, 0) is 24.7 Å². The lowest BCUT2D eigenvalue weighted by atomic mass is 9.72. The second-order valence-corrected chi connectivity index (χ2v) is 5.52. The summed E-state index contributed by atoms with van der Waals surface area (Å²) in [4.78, 5) is 0. The lowest BCUT2D eigenvalue weighted by Crippen LogP contribution is -2.20. The molecule has 0 amide bonds. The zero-order valence-electron chi connectivity index (χ0n) is 12.3. The molecule has 16 heavy (non-hydrogen) atoms. The van der Waals surface area contributed by atoms with Crippen molar-refractivity contribution >= 4 is 0 Å². The first-order valence-corrected chi connectivity index (χ1v) is 7.74. The van der Waals surface area contributed by atoms with Gasteiger partial charge < -0.3 is 0 Å². The van der Waals surface area contributed by atoms with E-state index in [4.69, 9.17) is 0 Å². The van der Waals surface area contributed by atoms with E-state index in [1.165, 1.54) is 70.6 Å². The predicted molar refractivity (Wildman–Crippen MR) is 75.9 cm³/mol. The molecule has 0 atom stereocenters. The summed E-state index contributed by atoms with van der Waals surface area (Å²) in [6.07, 6.45) is 15.7. The van der Waals surface area contributed by atoms with Crippen molar-refractivity contribution in [1.82, 2.24) is 0 Å². The van der Waals surface area contributed by atoms with Crippen LogP contribution in [0.5, 0.6) is 0 Å². The molecular weight excluding hydrogens is 192 g/mol. The summed E-state index contributed by atoms with van der Waals surface area (Å²) in [5.41, 5.74) is 0.696. The third kappa shape index (κ3) is 6.55. The zero-order chi connectivity index (χ0) is 12.3. The fraction of sp³-hybridized carbons (Fsp3) is 1.00. The Hall–Kier alpha value is 0. The van der Waals surface area contributed by atoms with Crippen molar-refractivity contribution in [2.75, 3.05) is 0 Å². The Morgan fingerprint density at radius 1 is 0.562 bits per heavy atom. The van der Waals surface area contributed by atoms with Crippen LogP contribution in [0, 0.1) is 5.41 Å². The summed E-state index contributed by atoms with van der Waals surface area (Å²) in [6.45, 7) is 9.38. The number of unbranched alkanes of at least 4 members (excludes halogenated alkanes) is 4. The molecule has 0 bridgehead atoms. The molecule has 0 aliphatic carbocycles. The highest BCUT2D eigenvalue weighted by molar-refractivity contribution is 4.78. The van der Waals surface area contributed by atoms with E-state index in [0.717, 1.165) is 0 Å². The van der Waals surface area contributed by atoms with E-state index in [-0.39, 0.29) is 0 Å². The van der Waals surface area contributed by atoms with Crippen LogP contribution in [0.15, 0.2) is 0 Å². The smallest absolute Gasteiger partial charge is 0.0300 e. The van der Waals surface area contributed by atoms with E-state index >= 15 is 0 Å². The summed E-state index contributed by atoms with van der Waals surface area (Å²) in [5, 5.41) is 0. The first kappa shape index (κ1) is 16.0. The molecule has 0 aromatic rings. The highest BCUT2D eigenvalue weighted by Crippen LogP contribution is 2.39. The maximum atomic E-state index is 2.41. The molecular formula is C16H34. The molecule has 0 aliphatic rings. The van der Waals surface area contributed by atoms with Crippen LogP contribution >= 0.6 is 0 Å². The van der Waals surface area contributed by atoms with Crippen molar-refractivity contribution in [1.29, 1.82) is 0 Å². The van der Waals surface area contributed by atoms with E-state index in [9.17, 15) is 0 Å². The molecule has 0 heterocycles. The van der Waals surface area contributed by atoms with E-state index in [1.807, 2.05) is 0 Å². The molecule has 0 aromatic carbocycles. The summed E-state index contributed by atoms with van der Waals surface area (Å²) in [7, 11) is 0. The van der Waals surface area contributed by atoms with Gasteiger partial charge in [-0.3, -0.25) is 0 Å². The van der Waals surface area contributed by atoms with E-state index in [2.05, 4.69) is 27.7 Å². The molecule has 0 rings (SSSR count). The van der Waals surface area contributed by atoms with Crippen molar-refractivity contribution in [2.24, 2.45) is 5.41 Å². The van der Waals surface area contributed by atoms with Gasteiger partial charge in [0.1, 0.15) is 0 Å². The Morgan fingerprint density at radius 3 is 1.38 bits per heavy atom. The van der Waals surface area contributed by atoms with Crippen LogP contribution in [-0.4, -0.2) is 0 Å². The van der Waals surface area contributed by atoms with Crippen molar-refractivity contribution in [3.63, 3.8) is 0 Å². The number of hydrogen-bond acceptors (Lipinski definition) is 0. The molecule has 0 N–H and O–H groups in total. The van der Waals surface area contributed by atoms with E-state index in [1.54, 1.807) is 0 Å². The Labute approximate surface area is 104 Å². The Morgan fingerprint density at radius 2 is 1.00 bits per heavy atom. The quantitative estimate of drug-likeness (QED) is 0.360. The van der Waals surface area contributed by atoms with Gasteiger partial charge in [-0.25, -0.2) is 0 Å². The Kier molecular flexibility index (Phi) is 10.2. The molecule has 0 heteroatoms. The predicted octanol–water partition coefficient (Wildman–Crippen LogP) is 6.34. The minimum atomic E-state index is 0.696. The average Bonchev–Trinajstić information content (AvgIpc) is 2.32. The summed E-state index contributed by atoms with van der Waals surface area (Å²) in [6, 6.07) is 0. The Bertz CT molecular complexity index is 129. The van der Waals surface area contributed by atoms with Crippen LogP contribution in [0.4, 0.5) is 0 Å². The number of hydrogen-bond donors (Lipinski definition) is 0. The molecule has 0 fully saturated rings. The number of rotatable bonds is 11. The lowest BCUT2D eigenvalue weighted by Gasteiger charge is -2.33. The minimum absolute atomic E-state index is 0.696. The van der Waals surface area contributed by atoms with Crippen LogP contribution in [0.3, 0.4) is 0 Å². The molecule has 0 saturated heterocycles. The SMILES string of the molecule is CCCCCC(CC)(CCCC)CCCC. The van der Waals surface area contributed by atoms with Gasteiger partial charge in [0.25, 0.3) is 0 Å². The highest BCUT2D eigenvalue weighted by atomic mass is 14.3. The topological polar surface area (TPSA) is 0 Å². The van der Waals surface area contributed by atoms with E-state index in [0.29, 0.717) is 5.41 Å². The molecule has 0 nitrogen and oxygen atoms in total. The maximum absolute atomic E-state index is 2.41. The molecule has 0 spiro atoms. The summed E-state index contributed by atoms with van der Waals surface area (Å²) in [5.74, 6) is 0. The van der Waals surface area contributed by atoms with Gasteiger partial charge in [0, 0.05) is 0 Å². The van der Waals surface area contributed by atoms with Gasteiger partial charge in [-0.15, -0.1) is 0 Å². The second-order valence-electron chi connectivity index (χ2n) is 5.52. The van der Waals surface area contributed by atoms with Crippen molar-refractivity contribution < 1.29 is 0 Å². The minimum Gasteiger partial charge on any atom is -0.0654 e. The van der Waals surface area contributed by atoms with Crippen LogP contribution in [-0.2, 0) is 0 Å². The van der Waals surface area contributed by atoms with Crippen molar-refractivity contribution in [3.05, 3.63) is 0 Å². The van der Waals surface area contributed by atoms with Gasteiger partial charge in [0.15, 0.2) is 0 Å². The molecule has 0 aliphatic heterocycles. The Balaban J connectivity index is 4.16. The van der Waals surface area contributed by atoms with Gasteiger partial charge in [-0.2, -0.15) is 0 Å². The molecule has 0 aromatic heterocycles. The maximum Gasteiger partial charge on any atom is -0.0300 e. The average molecular weight is 226 g/mol. The lowest BCUT2D eigenvalue weighted by molar-refractivity contribution is 0.190. The van der Waals surface area contributed by atoms with Crippen LogP contribution in [0.1, 0.15) is 98.3 Å². The van der Waals surface area contributed by atoms with Gasteiger partial charge in [-0.1, -0.05) is 79.1 Å².